The largest absolute Gasteiger partial charge is 0.379 e. The van der Waals surface area contributed by atoms with Crippen LogP contribution >= 0.6 is 21.6 Å². The van der Waals surface area contributed by atoms with Gasteiger partial charge in [0.2, 0.25) is 0 Å². The van der Waals surface area contributed by atoms with Gasteiger partial charge in [-0.1, -0.05) is 42.4 Å². The van der Waals surface area contributed by atoms with Crippen LogP contribution in [0.4, 0.5) is 0 Å². The summed E-state index contributed by atoms with van der Waals surface area (Å²) in [5, 5.41) is 3.97. The molecule has 0 aliphatic carbocycles. The van der Waals surface area contributed by atoms with Gasteiger partial charge in [-0.15, -0.1) is 0 Å². The number of rotatable bonds is 12. The van der Waals surface area contributed by atoms with Crippen molar-refractivity contribution in [2.24, 2.45) is 0 Å². The average Bonchev–Trinajstić information content (AvgIpc) is 2.27. The second kappa shape index (κ2) is 13.0. The minimum absolute atomic E-state index is 0.533. The summed E-state index contributed by atoms with van der Waals surface area (Å²) in [6.07, 6.45) is 3.22. The van der Waals surface area contributed by atoms with Gasteiger partial charge in [0.25, 0.3) is 0 Å². The first-order valence-corrected chi connectivity index (χ1v) is 8.87. The Balaban J connectivity index is 3.03. The summed E-state index contributed by atoms with van der Waals surface area (Å²) in [4.78, 5) is 0. The molecule has 0 amide bonds. The first-order chi connectivity index (χ1) is 8.16. The predicted molar refractivity (Wildman–Crippen MR) is 80.0 cm³/mol. The Morgan fingerprint density at radius 1 is 1.00 bits per heavy atom. The number of nitrogens with one attached hydrogen (secondary N) is 1. The van der Waals surface area contributed by atoms with Gasteiger partial charge in [-0.3, -0.25) is 0 Å². The maximum Gasteiger partial charge on any atom is 0.0701 e. The van der Waals surface area contributed by atoms with Crippen molar-refractivity contribution in [2.45, 2.75) is 38.5 Å². The Bertz CT molecular complexity index is 159. The van der Waals surface area contributed by atoms with Gasteiger partial charge in [0, 0.05) is 24.4 Å². The lowest BCUT2D eigenvalue weighted by Crippen LogP contribution is -2.27. The Morgan fingerprint density at radius 3 is 2.24 bits per heavy atom. The molecule has 0 bridgehead atoms. The van der Waals surface area contributed by atoms with Crippen molar-refractivity contribution in [1.29, 1.82) is 0 Å². The highest BCUT2D eigenvalue weighted by molar-refractivity contribution is 8.76. The van der Waals surface area contributed by atoms with Gasteiger partial charge >= 0.3 is 0 Å². The van der Waals surface area contributed by atoms with Crippen molar-refractivity contribution >= 4 is 21.6 Å². The molecule has 0 unspecified atom stereocenters. The summed E-state index contributed by atoms with van der Waals surface area (Å²) in [6, 6.07) is 0.533. The third kappa shape index (κ3) is 14.5. The fraction of sp³-hybridized carbons (Fsp3) is 1.00. The first kappa shape index (κ1) is 17.6. The Morgan fingerprint density at radius 2 is 1.65 bits per heavy atom. The minimum Gasteiger partial charge on any atom is -0.379 e. The molecule has 0 fully saturated rings. The van der Waals surface area contributed by atoms with Crippen LogP contribution < -0.4 is 5.32 Å². The fourth-order valence-corrected chi connectivity index (χ4v) is 3.00. The van der Waals surface area contributed by atoms with E-state index in [9.17, 15) is 0 Å². The van der Waals surface area contributed by atoms with Crippen molar-refractivity contribution in [3.8, 4) is 0 Å². The molecule has 0 rings (SSSR count). The molecule has 104 valence electrons. The lowest BCUT2D eigenvalue weighted by Gasteiger charge is -2.10. The molecule has 1 atom stereocenters. The first-order valence-electron chi connectivity index (χ1n) is 6.25. The van der Waals surface area contributed by atoms with Gasteiger partial charge in [0.1, 0.15) is 0 Å². The zero-order valence-corrected chi connectivity index (χ0v) is 13.2. The molecule has 0 aromatic carbocycles. The fourth-order valence-electron chi connectivity index (χ4n) is 1.20. The Labute approximate surface area is 114 Å². The van der Waals surface area contributed by atoms with Crippen LogP contribution in [0.2, 0.25) is 0 Å². The van der Waals surface area contributed by atoms with Crippen LogP contribution in [0.1, 0.15) is 27.2 Å². The van der Waals surface area contributed by atoms with E-state index in [4.69, 9.17) is 9.47 Å². The summed E-state index contributed by atoms with van der Waals surface area (Å²) in [7, 11) is 3.72. The van der Waals surface area contributed by atoms with Gasteiger partial charge in [0.05, 0.1) is 19.8 Å². The smallest absolute Gasteiger partial charge is 0.0701 e. The van der Waals surface area contributed by atoms with Crippen LogP contribution in [-0.4, -0.2) is 50.5 Å². The van der Waals surface area contributed by atoms with E-state index in [2.05, 4.69) is 32.3 Å². The van der Waals surface area contributed by atoms with Gasteiger partial charge in [-0.05, 0) is 12.7 Å². The van der Waals surface area contributed by atoms with E-state index in [1.165, 1.54) is 0 Å². The van der Waals surface area contributed by atoms with Gasteiger partial charge in [-0.2, -0.15) is 0 Å². The molecule has 3 nitrogen and oxygen atoms in total. The average molecular weight is 281 g/mol. The van der Waals surface area contributed by atoms with Crippen LogP contribution in [-0.2, 0) is 9.47 Å². The zero-order valence-electron chi connectivity index (χ0n) is 11.5. The maximum absolute atomic E-state index is 5.51. The third-order valence-corrected chi connectivity index (χ3v) is 4.42. The van der Waals surface area contributed by atoms with E-state index in [1.54, 1.807) is 0 Å². The molecule has 0 saturated heterocycles. The van der Waals surface area contributed by atoms with E-state index in [0.29, 0.717) is 24.5 Å². The van der Waals surface area contributed by atoms with Gasteiger partial charge in [-0.25, -0.2) is 0 Å². The quantitative estimate of drug-likeness (QED) is 0.439. The van der Waals surface area contributed by atoms with Crippen LogP contribution in [0.3, 0.4) is 0 Å². The molecule has 0 aromatic rings. The zero-order chi connectivity index (χ0) is 12.9. The SMILES string of the molecule is CSS[C@H](C)CCOCCOCCNC(C)C. The predicted octanol–water partition coefficient (Wildman–Crippen LogP) is 2.81. The molecule has 0 spiro atoms. The van der Waals surface area contributed by atoms with Crippen molar-refractivity contribution in [3.63, 3.8) is 0 Å². The summed E-state index contributed by atoms with van der Waals surface area (Å²) in [6.45, 7) is 10.4. The number of hydrogen-bond donors (Lipinski definition) is 1. The van der Waals surface area contributed by atoms with E-state index in [-0.39, 0.29) is 0 Å². The van der Waals surface area contributed by atoms with Crippen LogP contribution in [0.15, 0.2) is 0 Å². The van der Waals surface area contributed by atoms with Gasteiger partial charge < -0.3 is 14.8 Å². The molecule has 0 heterocycles. The Kier molecular flexibility index (Phi) is 13.5. The molecule has 0 aliphatic heterocycles. The highest BCUT2D eigenvalue weighted by atomic mass is 33.1. The molecule has 0 aliphatic rings. The normalized spacial score (nSPS) is 13.2. The molecule has 17 heavy (non-hydrogen) atoms. The second-order valence-corrected chi connectivity index (χ2v) is 7.10. The van der Waals surface area contributed by atoms with Crippen molar-refractivity contribution < 1.29 is 9.47 Å². The lowest BCUT2D eigenvalue weighted by atomic mass is 10.3. The molecular formula is C12H27NO2S2. The monoisotopic (exact) mass is 281 g/mol. The number of hydrogen-bond acceptors (Lipinski definition) is 5. The molecular weight excluding hydrogens is 254 g/mol. The topological polar surface area (TPSA) is 30.5 Å². The summed E-state index contributed by atoms with van der Waals surface area (Å²) in [5.74, 6) is 0. The van der Waals surface area contributed by atoms with E-state index < -0.39 is 0 Å². The highest BCUT2D eigenvalue weighted by Gasteiger charge is 2.01. The highest BCUT2D eigenvalue weighted by Crippen LogP contribution is 2.25. The van der Waals surface area contributed by atoms with Crippen LogP contribution in [0, 0.1) is 0 Å². The van der Waals surface area contributed by atoms with Crippen LogP contribution in [0.25, 0.3) is 0 Å². The summed E-state index contributed by atoms with van der Waals surface area (Å²) < 4.78 is 11.0. The molecule has 1 N–H and O–H groups in total. The number of ether oxygens (including phenoxy) is 2. The maximum atomic E-state index is 5.51. The molecule has 0 aromatic heterocycles. The molecule has 5 heteroatoms. The van der Waals surface area contributed by atoms with Crippen molar-refractivity contribution in [1.82, 2.24) is 5.32 Å². The van der Waals surface area contributed by atoms with Gasteiger partial charge in [0.15, 0.2) is 0 Å². The van der Waals surface area contributed by atoms with E-state index in [0.717, 1.165) is 26.2 Å². The van der Waals surface area contributed by atoms with Crippen molar-refractivity contribution in [3.05, 3.63) is 0 Å². The van der Waals surface area contributed by atoms with Crippen molar-refractivity contribution in [2.75, 3.05) is 39.2 Å². The molecule has 0 radical (unpaired) electrons. The lowest BCUT2D eigenvalue weighted by molar-refractivity contribution is 0.0477. The summed E-state index contributed by atoms with van der Waals surface area (Å²) in [5.41, 5.74) is 0. The molecule has 0 saturated carbocycles. The van der Waals surface area contributed by atoms with E-state index in [1.807, 2.05) is 21.6 Å². The second-order valence-electron chi connectivity index (χ2n) is 4.20. The van der Waals surface area contributed by atoms with E-state index >= 15 is 0 Å². The standard InChI is InChI=1S/C12H27NO2S2/c1-11(2)13-6-8-15-10-9-14-7-5-12(3)17-16-4/h11-13H,5-10H2,1-4H3/t12-/m1/s1. The van der Waals surface area contributed by atoms with Crippen LogP contribution in [0.5, 0.6) is 0 Å². The Hall–Kier alpha value is 0.580. The summed E-state index contributed by atoms with van der Waals surface area (Å²) >= 11 is 0. The third-order valence-electron chi connectivity index (χ3n) is 2.10. The minimum atomic E-state index is 0.533.